The SMILES string of the molecule is CCC/C=C(C1=C(c2c(C)ccc(C)c2C=N)CCCC1)\C(C=NCC(=O)O)=C\N. The average Bonchev–Trinajstić information content (AvgIpc) is 2.74. The molecule has 5 heteroatoms. The number of benzene rings is 1. The smallest absolute Gasteiger partial charge is 0.325 e. The van der Waals surface area contributed by atoms with Gasteiger partial charge in [-0.25, -0.2) is 0 Å². The summed E-state index contributed by atoms with van der Waals surface area (Å²) in [6.45, 7) is 6.00. The maximum atomic E-state index is 10.9. The van der Waals surface area contributed by atoms with Gasteiger partial charge in [-0.2, -0.15) is 0 Å². The number of unbranched alkanes of at least 4 members (excludes halogenated alkanes) is 1. The Bertz CT molecular complexity index is 921. The third-order valence-corrected chi connectivity index (χ3v) is 5.50. The van der Waals surface area contributed by atoms with Crippen molar-refractivity contribution >= 4 is 24.0 Å². The highest BCUT2D eigenvalue weighted by Crippen LogP contribution is 2.40. The summed E-state index contributed by atoms with van der Waals surface area (Å²) in [4.78, 5) is 14.9. The molecule has 1 aliphatic carbocycles. The summed E-state index contributed by atoms with van der Waals surface area (Å²) in [5, 5.41) is 16.9. The lowest BCUT2D eigenvalue weighted by molar-refractivity contribution is -0.135. The molecule has 0 heterocycles. The number of allylic oxidation sites excluding steroid dienone is 5. The van der Waals surface area contributed by atoms with Gasteiger partial charge in [0.05, 0.1) is 0 Å². The van der Waals surface area contributed by atoms with Crippen molar-refractivity contribution in [3.63, 3.8) is 0 Å². The molecule has 0 aliphatic heterocycles. The van der Waals surface area contributed by atoms with Gasteiger partial charge in [0.25, 0.3) is 0 Å². The Morgan fingerprint density at radius 3 is 2.57 bits per heavy atom. The summed E-state index contributed by atoms with van der Waals surface area (Å²) < 4.78 is 0. The zero-order chi connectivity index (χ0) is 22.1. The summed E-state index contributed by atoms with van der Waals surface area (Å²) in [6, 6.07) is 4.19. The number of nitrogens with one attached hydrogen (secondary N) is 1. The molecule has 0 saturated heterocycles. The number of rotatable bonds is 9. The third-order valence-electron chi connectivity index (χ3n) is 5.50. The van der Waals surface area contributed by atoms with Crippen LogP contribution in [0.4, 0.5) is 0 Å². The Labute approximate surface area is 179 Å². The minimum absolute atomic E-state index is 0.279. The summed E-state index contributed by atoms with van der Waals surface area (Å²) in [6.07, 6.45) is 12.8. The number of carbonyl (C=O) groups is 1. The Balaban J connectivity index is 2.70. The summed E-state index contributed by atoms with van der Waals surface area (Å²) in [5.74, 6) is -0.967. The van der Waals surface area contributed by atoms with Crippen molar-refractivity contribution in [2.24, 2.45) is 10.7 Å². The summed E-state index contributed by atoms with van der Waals surface area (Å²) in [5.41, 5.74) is 14.7. The lowest BCUT2D eigenvalue weighted by Crippen LogP contribution is -2.10. The Hall–Kier alpha value is -2.95. The quantitative estimate of drug-likeness (QED) is 0.380. The second kappa shape index (κ2) is 11.3. The van der Waals surface area contributed by atoms with Gasteiger partial charge in [0, 0.05) is 29.8 Å². The molecule has 0 amide bonds. The van der Waals surface area contributed by atoms with Gasteiger partial charge in [-0.05, 0) is 79.4 Å². The maximum absolute atomic E-state index is 10.9. The van der Waals surface area contributed by atoms with E-state index in [1.54, 1.807) is 6.21 Å². The highest BCUT2D eigenvalue weighted by atomic mass is 16.4. The predicted molar refractivity (Wildman–Crippen MR) is 125 cm³/mol. The first-order chi connectivity index (χ1) is 14.4. The van der Waals surface area contributed by atoms with Crippen LogP contribution in [0.5, 0.6) is 0 Å². The molecule has 160 valence electrons. The second-order valence-corrected chi connectivity index (χ2v) is 7.69. The van der Waals surface area contributed by atoms with Crippen molar-refractivity contribution in [1.29, 1.82) is 5.41 Å². The number of carboxylic acid groups (broad SMARTS) is 1. The molecule has 0 radical (unpaired) electrons. The Morgan fingerprint density at radius 2 is 1.93 bits per heavy atom. The minimum Gasteiger partial charge on any atom is -0.480 e. The van der Waals surface area contributed by atoms with E-state index in [9.17, 15) is 4.79 Å². The van der Waals surface area contributed by atoms with E-state index < -0.39 is 5.97 Å². The van der Waals surface area contributed by atoms with E-state index in [4.69, 9.17) is 16.2 Å². The van der Waals surface area contributed by atoms with E-state index in [1.165, 1.54) is 29.1 Å². The fourth-order valence-corrected chi connectivity index (χ4v) is 4.03. The summed E-state index contributed by atoms with van der Waals surface area (Å²) >= 11 is 0. The van der Waals surface area contributed by atoms with Crippen molar-refractivity contribution in [2.45, 2.75) is 59.3 Å². The molecule has 1 aliphatic rings. The first-order valence-corrected chi connectivity index (χ1v) is 10.6. The van der Waals surface area contributed by atoms with Crippen LogP contribution < -0.4 is 5.73 Å². The van der Waals surface area contributed by atoms with Gasteiger partial charge in [0.15, 0.2) is 0 Å². The molecule has 5 nitrogen and oxygen atoms in total. The van der Waals surface area contributed by atoms with Crippen molar-refractivity contribution in [1.82, 2.24) is 0 Å². The molecule has 30 heavy (non-hydrogen) atoms. The highest BCUT2D eigenvalue weighted by Gasteiger charge is 2.22. The molecule has 0 bridgehead atoms. The molecule has 1 aromatic carbocycles. The van der Waals surface area contributed by atoms with Gasteiger partial charge in [0.1, 0.15) is 6.54 Å². The standard InChI is InChI=1S/C25H33N3O2/c1-4-5-8-20(19(13-26)15-28-16-24(29)30)21-9-6-7-10-22(21)25-18(3)12-11-17(2)23(25)14-27/h8,11-15,27H,4-7,9-10,16,26H2,1-3H3,(H,29,30)/b19-13+,20-8+,27-14?,28-15?. The monoisotopic (exact) mass is 407 g/mol. The largest absolute Gasteiger partial charge is 0.480 e. The molecule has 2 rings (SSSR count). The van der Waals surface area contributed by atoms with E-state index in [-0.39, 0.29) is 6.54 Å². The number of aliphatic carboxylic acids is 1. The van der Waals surface area contributed by atoms with Crippen LogP contribution in [0.25, 0.3) is 5.57 Å². The number of nitrogens with two attached hydrogens (primary N) is 1. The van der Waals surface area contributed by atoms with Crippen molar-refractivity contribution in [2.75, 3.05) is 6.54 Å². The molecular formula is C25H33N3O2. The number of carboxylic acids is 1. The molecule has 1 aromatic rings. The van der Waals surface area contributed by atoms with Gasteiger partial charge in [0.2, 0.25) is 0 Å². The summed E-state index contributed by atoms with van der Waals surface area (Å²) in [7, 11) is 0. The van der Waals surface area contributed by atoms with Crippen LogP contribution in [0.15, 0.2) is 46.1 Å². The van der Waals surface area contributed by atoms with Crippen LogP contribution in [-0.4, -0.2) is 30.0 Å². The highest BCUT2D eigenvalue weighted by molar-refractivity contribution is 5.94. The zero-order valence-corrected chi connectivity index (χ0v) is 18.3. The topological polar surface area (TPSA) is 99.5 Å². The third kappa shape index (κ3) is 5.56. The van der Waals surface area contributed by atoms with Crippen LogP contribution >= 0.6 is 0 Å². The van der Waals surface area contributed by atoms with Gasteiger partial charge in [-0.15, -0.1) is 0 Å². The normalized spacial score (nSPS) is 15.7. The Kier molecular flexibility index (Phi) is 8.78. The number of hydrogen-bond acceptors (Lipinski definition) is 4. The van der Waals surface area contributed by atoms with Gasteiger partial charge in [-0.1, -0.05) is 31.6 Å². The molecule has 0 fully saturated rings. The fraction of sp³-hybridized carbons (Fsp3) is 0.400. The molecular weight excluding hydrogens is 374 g/mol. The second-order valence-electron chi connectivity index (χ2n) is 7.69. The number of hydrogen-bond donors (Lipinski definition) is 3. The maximum Gasteiger partial charge on any atom is 0.325 e. The van der Waals surface area contributed by atoms with E-state index >= 15 is 0 Å². The van der Waals surface area contributed by atoms with Gasteiger partial charge < -0.3 is 16.2 Å². The molecule has 0 atom stereocenters. The van der Waals surface area contributed by atoms with Gasteiger partial charge in [-0.3, -0.25) is 9.79 Å². The van der Waals surface area contributed by atoms with E-state index in [1.807, 2.05) is 6.92 Å². The first kappa shape index (κ1) is 23.3. The van der Waals surface area contributed by atoms with Crippen LogP contribution in [0.3, 0.4) is 0 Å². The molecule has 0 saturated carbocycles. The fourth-order valence-electron chi connectivity index (χ4n) is 4.03. The van der Waals surface area contributed by atoms with Crippen molar-refractivity contribution in [3.8, 4) is 0 Å². The molecule has 0 unspecified atom stereocenters. The predicted octanol–water partition coefficient (Wildman–Crippen LogP) is 5.35. The van der Waals surface area contributed by atoms with Crippen LogP contribution in [0, 0.1) is 19.3 Å². The lowest BCUT2D eigenvalue weighted by atomic mass is 9.78. The molecule has 0 aromatic heterocycles. The molecule has 0 spiro atoms. The Morgan fingerprint density at radius 1 is 1.23 bits per heavy atom. The zero-order valence-electron chi connectivity index (χ0n) is 18.3. The number of nitrogens with zero attached hydrogens (tertiary/aromatic N) is 1. The lowest BCUT2D eigenvalue weighted by Gasteiger charge is -2.26. The van der Waals surface area contributed by atoms with E-state index in [0.29, 0.717) is 0 Å². The van der Waals surface area contributed by atoms with Crippen LogP contribution in [0.2, 0.25) is 0 Å². The van der Waals surface area contributed by atoms with Crippen LogP contribution in [0.1, 0.15) is 67.7 Å². The number of aryl methyl sites for hydroxylation is 2. The van der Waals surface area contributed by atoms with Gasteiger partial charge >= 0.3 is 5.97 Å². The van der Waals surface area contributed by atoms with Crippen LogP contribution in [-0.2, 0) is 4.79 Å². The van der Waals surface area contributed by atoms with E-state index in [2.05, 4.69) is 37.0 Å². The first-order valence-electron chi connectivity index (χ1n) is 10.6. The van der Waals surface area contributed by atoms with E-state index in [0.717, 1.165) is 66.4 Å². The molecule has 4 N–H and O–H groups in total. The number of aliphatic imine (C=N–C) groups is 1. The van der Waals surface area contributed by atoms with Crippen molar-refractivity contribution < 1.29 is 9.90 Å². The minimum atomic E-state index is -0.967. The van der Waals surface area contributed by atoms with Crippen molar-refractivity contribution in [3.05, 3.63) is 63.4 Å². The average molecular weight is 408 g/mol.